The van der Waals surface area contributed by atoms with E-state index in [0.29, 0.717) is 16.6 Å². The summed E-state index contributed by atoms with van der Waals surface area (Å²) in [5, 5.41) is 19.8. The molecule has 1 aliphatic heterocycles. The Balaban J connectivity index is 1.73. The molecule has 1 aromatic heterocycles. The molecule has 1 atom stereocenters. The van der Waals surface area contributed by atoms with E-state index in [0.717, 1.165) is 9.54 Å². The zero-order valence-corrected chi connectivity index (χ0v) is 16.3. The highest BCUT2D eigenvalue weighted by Gasteiger charge is 2.52. The van der Waals surface area contributed by atoms with Crippen LogP contribution in [-0.2, 0) is 19.6 Å². The van der Waals surface area contributed by atoms with Gasteiger partial charge in [0.1, 0.15) is 0 Å². The molecule has 2 heterocycles. The Labute approximate surface area is 166 Å². The second-order valence-electron chi connectivity index (χ2n) is 7.04. The lowest BCUT2D eigenvalue weighted by Crippen LogP contribution is -2.46. The SMILES string of the molecule is Cc1ccc(S(=O)(=O)n2ccc3cc(N4CCC(O)(C(=O)O)C4=O)ccc32)cc1. The van der Waals surface area contributed by atoms with E-state index in [9.17, 15) is 23.1 Å². The number of carboxylic acids is 1. The third-order valence-electron chi connectivity index (χ3n) is 5.18. The molecule has 4 rings (SSSR count). The Hall–Kier alpha value is -3.17. The number of aryl methyl sites for hydroxylation is 1. The van der Waals surface area contributed by atoms with E-state index in [1.165, 1.54) is 17.2 Å². The number of carboxylic acid groups (broad SMARTS) is 1. The maximum absolute atomic E-state index is 13.0. The van der Waals surface area contributed by atoms with Crippen LogP contribution in [-0.4, -0.2) is 46.6 Å². The van der Waals surface area contributed by atoms with Crippen LogP contribution in [0.25, 0.3) is 10.9 Å². The number of carbonyl (C=O) groups excluding carboxylic acids is 1. The highest BCUT2D eigenvalue weighted by Crippen LogP contribution is 2.32. The van der Waals surface area contributed by atoms with Gasteiger partial charge in [-0.25, -0.2) is 17.2 Å². The Kier molecular flexibility index (Phi) is 4.25. The minimum atomic E-state index is -3.79. The Bertz CT molecular complexity index is 1250. The fourth-order valence-electron chi connectivity index (χ4n) is 3.46. The van der Waals surface area contributed by atoms with E-state index in [4.69, 9.17) is 5.11 Å². The van der Waals surface area contributed by atoms with Gasteiger partial charge in [-0.1, -0.05) is 17.7 Å². The summed E-state index contributed by atoms with van der Waals surface area (Å²) < 4.78 is 27.1. The summed E-state index contributed by atoms with van der Waals surface area (Å²) in [6.07, 6.45) is 1.21. The van der Waals surface area contributed by atoms with Crippen LogP contribution in [0.1, 0.15) is 12.0 Å². The Morgan fingerprint density at radius 3 is 2.41 bits per heavy atom. The predicted octanol–water partition coefficient (Wildman–Crippen LogP) is 1.74. The van der Waals surface area contributed by atoms with Gasteiger partial charge < -0.3 is 15.1 Å². The number of aromatic nitrogens is 1. The number of amides is 1. The van der Waals surface area contributed by atoms with Gasteiger partial charge in [-0.15, -0.1) is 0 Å². The number of benzene rings is 2. The summed E-state index contributed by atoms with van der Waals surface area (Å²) in [4.78, 5) is 25.0. The van der Waals surface area contributed by atoms with Crippen molar-refractivity contribution in [2.75, 3.05) is 11.4 Å². The van der Waals surface area contributed by atoms with Crippen LogP contribution in [0.2, 0.25) is 0 Å². The summed E-state index contributed by atoms with van der Waals surface area (Å²) >= 11 is 0. The fourth-order valence-corrected chi connectivity index (χ4v) is 4.81. The van der Waals surface area contributed by atoms with Gasteiger partial charge in [0, 0.05) is 30.2 Å². The molecule has 0 saturated carbocycles. The van der Waals surface area contributed by atoms with Crippen molar-refractivity contribution in [2.24, 2.45) is 0 Å². The zero-order valence-electron chi connectivity index (χ0n) is 15.4. The molecule has 1 saturated heterocycles. The van der Waals surface area contributed by atoms with Crippen molar-refractivity contribution in [3.63, 3.8) is 0 Å². The predicted molar refractivity (Wildman–Crippen MR) is 105 cm³/mol. The first-order valence-corrected chi connectivity index (χ1v) is 10.3. The van der Waals surface area contributed by atoms with Crippen LogP contribution in [0.4, 0.5) is 5.69 Å². The summed E-state index contributed by atoms with van der Waals surface area (Å²) in [6, 6.07) is 12.8. The Morgan fingerprint density at radius 2 is 1.79 bits per heavy atom. The van der Waals surface area contributed by atoms with Crippen molar-refractivity contribution in [3.05, 3.63) is 60.3 Å². The largest absolute Gasteiger partial charge is 0.479 e. The van der Waals surface area contributed by atoms with Gasteiger partial charge in [-0.3, -0.25) is 4.79 Å². The van der Waals surface area contributed by atoms with Gasteiger partial charge in [-0.2, -0.15) is 0 Å². The fraction of sp³-hybridized carbons (Fsp3) is 0.200. The summed E-state index contributed by atoms with van der Waals surface area (Å²) in [6.45, 7) is 1.92. The van der Waals surface area contributed by atoms with Gasteiger partial charge in [0.25, 0.3) is 15.9 Å². The topological polar surface area (TPSA) is 117 Å². The van der Waals surface area contributed by atoms with Crippen LogP contribution >= 0.6 is 0 Å². The van der Waals surface area contributed by atoms with Crippen molar-refractivity contribution >= 4 is 38.5 Å². The molecule has 9 heteroatoms. The number of nitrogens with zero attached hydrogens (tertiary/aromatic N) is 2. The molecule has 0 bridgehead atoms. The van der Waals surface area contributed by atoms with E-state index in [1.807, 2.05) is 6.92 Å². The van der Waals surface area contributed by atoms with Crippen LogP contribution in [0, 0.1) is 6.92 Å². The smallest absolute Gasteiger partial charge is 0.345 e. The number of fused-ring (bicyclic) bond motifs is 1. The maximum Gasteiger partial charge on any atom is 0.345 e. The van der Waals surface area contributed by atoms with Gasteiger partial charge in [0.2, 0.25) is 5.60 Å². The van der Waals surface area contributed by atoms with E-state index < -0.39 is 27.5 Å². The summed E-state index contributed by atoms with van der Waals surface area (Å²) in [5.41, 5.74) is -0.669. The first kappa shape index (κ1) is 19.2. The van der Waals surface area contributed by atoms with Gasteiger partial charge in [-0.05, 0) is 43.3 Å². The Morgan fingerprint density at radius 1 is 1.10 bits per heavy atom. The van der Waals surface area contributed by atoms with Crippen molar-refractivity contribution in [1.82, 2.24) is 3.97 Å². The molecule has 3 aromatic rings. The number of anilines is 1. The molecule has 0 aliphatic carbocycles. The van der Waals surface area contributed by atoms with E-state index >= 15 is 0 Å². The number of rotatable bonds is 4. The summed E-state index contributed by atoms with van der Waals surface area (Å²) in [5.74, 6) is -2.49. The standard InChI is InChI=1S/C20H18N2O6S/c1-13-2-5-16(6-3-13)29(27,28)22-10-8-14-12-15(4-7-17(14)22)21-11-9-20(26,18(21)23)19(24)25/h2-8,10,12,26H,9,11H2,1H3,(H,24,25). The third-order valence-corrected chi connectivity index (χ3v) is 6.88. The average molecular weight is 414 g/mol. The minimum absolute atomic E-state index is 0.0511. The number of carbonyl (C=O) groups is 2. The van der Waals surface area contributed by atoms with Crippen molar-refractivity contribution in [2.45, 2.75) is 23.8 Å². The molecule has 1 fully saturated rings. The maximum atomic E-state index is 13.0. The van der Waals surface area contributed by atoms with Crippen LogP contribution < -0.4 is 4.90 Å². The van der Waals surface area contributed by atoms with Crippen molar-refractivity contribution in [3.8, 4) is 0 Å². The second kappa shape index (κ2) is 6.43. The highest BCUT2D eigenvalue weighted by molar-refractivity contribution is 7.90. The van der Waals surface area contributed by atoms with Gasteiger partial charge >= 0.3 is 5.97 Å². The van der Waals surface area contributed by atoms with Crippen LogP contribution in [0.3, 0.4) is 0 Å². The molecule has 1 amide bonds. The second-order valence-corrected chi connectivity index (χ2v) is 8.86. The molecule has 1 unspecified atom stereocenters. The third kappa shape index (κ3) is 2.90. The number of hydrogen-bond acceptors (Lipinski definition) is 5. The van der Waals surface area contributed by atoms with Crippen molar-refractivity contribution in [1.29, 1.82) is 0 Å². The van der Waals surface area contributed by atoms with E-state index in [2.05, 4.69) is 0 Å². The molecule has 8 nitrogen and oxygen atoms in total. The highest BCUT2D eigenvalue weighted by atomic mass is 32.2. The molecule has 29 heavy (non-hydrogen) atoms. The average Bonchev–Trinajstić information content (AvgIpc) is 3.24. The van der Waals surface area contributed by atoms with Gasteiger partial charge in [0.05, 0.1) is 10.4 Å². The molecule has 0 radical (unpaired) electrons. The molecule has 1 aliphatic rings. The molecule has 0 spiro atoms. The zero-order chi connectivity index (χ0) is 21.0. The first-order chi connectivity index (χ1) is 13.6. The molecule has 2 N–H and O–H groups in total. The number of hydrogen-bond donors (Lipinski definition) is 2. The lowest BCUT2D eigenvalue weighted by atomic mass is 10.0. The molecular weight excluding hydrogens is 396 g/mol. The van der Waals surface area contributed by atoms with Crippen LogP contribution in [0.15, 0.2) is 59.6 Å². The lowest BCUT2D eigenvalue weighted by Gasteiger charge is -2.19. The quantitative estimate of drug-likeness (QED) is 0.628. The monoisotopic (exact) mass is 414 g/mol. The van der Waals surface area contributed by atoms with E-state index in [1.54, 1.807) is 42.5 Å². The molecule has 2 aromatic carbocycles. The van der Waals surface area contributed by atoms with Crippen molar-refractivity contribution < 1.29 is 28.2 Å². The molecular formula is C20H18N2O6S. The molecule has 150 valence electrons. The van der Waals surface area contributed by atoms with Gasteiger partial charge in [0.15, 0.2) is 0 Å². The van der Waals surface area contributed by atoms with Crippen LogP contribution in [0.5, 0.6) is 0 Å². The van der Waals surface area contributed by atoms with E-state index in [-0.39, 0.29) is 17.9 Å². The minimum Gasteiger partial charge on any atom is -0.479 e. The normalized spacial score (nSPS) is 19.8. The first-order valence-electron chi connectivity index (χ1n) is 8.86. The number of aliphatic carboxylic acids is 1. The number of aliphatic hydroxyl groups is 1. The lowest BCUT2D eigenvalue weighted by molar-refractivity contribution is -0.162. The summed E-state index contributed by atoms with van der Waals surface area (Å²) in [7, 11) is -3.79.